The molecule has 1 heterocycles. The molecule has 0 spiro atoms. The maximum Gasteiger partial charge on any atom is 0.312 e. The Morgan fingerprint density at radius 2 is 2.05 bits per heavy atom. The molecule has 0 radical (unpaired) electrons. The number of primary amides is 1. The van der Waals surface area contributed by atoms with Crippen LogP contribution in [-0.2, 0) is 0 Å². The summed E-state index contributed by atoms with van der Waals surface area (Å²) in [6, 6.07) is 11.0. The minimum absolute atomic E-state index is 0.254. The highest BCUT2D eigenvalue weighted by Crippen LogP contribution is 2.21. The van der Waals surface area contributed by atoms with Crippen LogP contribution in [0.15, 0.2) is 35.2 Å². The van der Waals surface area contributed by atoms with E-state index in [1.54, 1.807) is 0 Å². The first kappa shape index (κ1) is 16.2. The highest BCUT2D eigenvalue weighted by atomic mass is 32.2. The standard InChI is InChI=1S/C16H25N3OS/c1-13(9-12-21-15-5-3-2-4-6-15)19-10-7-14(8-11-19)18-16(17)20/h2-6,13-14H,7-12H2,1H3,(H3,17,18,20). The fourth-order valence-electron chi connectivity index (χ4n) is 2.73. The Morgan fingerprint density at radius 1 is 1.38 bits per heavy atom. The van der Waals surface area contributed by atoms with E-state index in [4.69, 9.17) is 5.73 Å². The zero-order chi connectivity index (χ0) is 15.1. The molecule has 1 saturated heterocycles. The number of hydrogen-bond donors (Lipinski definition) is 2. The number of nitrogens with zero attached hydrogens (tertiary/aromatic N) is 1. The van der Waals surface area contributed by atoms with Crippen molar-refractivity contribution in [1.82, 2.24) is 10.2 Å². The number of urea groups is 1. The van der Waals surface area contributed by atoms with Crippen LogP contribution >= 0.6 is 11.8 Å². The number of hydrogen-bond acceptors (Lipinski definition) is 3. The Balaban J connectivity index is 1.65. The van der Waals surface area contributed by atoms with Crippen molar-refractivity contribution in [1.29, 1.82) is 0 Å². The summed E-state index contributed by atoms with van der Waals surface area (Å²) in [6.45, 7) is 4.39. The van der Waals surface area contributed by atoms with Gasteiger partial charge >= 0.3 is 6.03 Å². The minimum atomic E-state index is -0.402. The van der Waals surface area contributed by atoms with Crippen LogP contribution in [0.2, 0.25) is 0 Å². The second kappa shape index (κ2) is 8.29. The van der Waals surface area contributed by atoms with Crippen LogP contribution in [0.4, 0.5) is 4.79 Å². The summed E-state index contributed by atoms with van der Waals surface area (Å²) in [5, 5.41) is 2.81. The summed E-state index contributed by atoms with van der Waals surface area (Å²) in [5.74, 6) is 1.14. The number of carbonyl (C=O) groups excluding carboxylic acids is 1. The minimum Gasteiger partial charge on any atom is -0.352 e. The first-order chi connectivity index (χ1) is 10.1. The van der Waals surface area contributed by atoms with Crippen LogP contribution in [-0.4, -0.2) is 41.9 Å². The van der Waals surface area contributed by atoms with E-state index in [0.29, 0.717) is 6.04 Å². The molecule has 0 saturated carbocycles. The van der Waals surface area contributed by atoms with Crippen LogP contribution in [0.5, 0.6) is 0 Å². The topological polar surface area (TPSA) is 58.4 Å². The second-order valence-corrected chi connectivity index (χ2v) is 6.79. The number of benzene rings is 1. The van der Waals surface area contributed by atoms with Crippen LogP contribution in [0.25, 0.3) is 0 Å². The number of thioether (sulfide) groups is 1. The summed E-state index contributed by atoms with van der Waals surface area (Å²) in [6.07, 6.45) is 3.19. The number of amides is 2. The second-order valence-electron chi connectivity index (χ2n) is 5.62. The molecule has 5 heteroatoms. The molecule has 0 aliphatic carbocycles. The number of nitrogens with one attached hydrogen (secondary N) is 1. The summed E-state index contributed by atoms with van der Waals surface area (Å²) >= 11 is 1.92. The lowest BCUT2D eigenvalue weighted by molar-refractivity contribution is 0.151. The molecule has 4 nitrogen and oxygen atoms in total. The molecule has 1 unspecified atom stereocenters. The predicted octanol–water partition coefficient (Wildman–Crippen LogP) is 2.69. The van der Waals surface area contributed by atoms with Crippen LogP contribution in [0.1, 0.15) is 26.2 Å². The Labute approximate surface area is 131 Å². The molecule has 3 N–H and O–H groups in total. The molecular formula is C16H25N3OS. The van der Waals surface area contributed by atoms with Crippen LogP contribution in [0.3, 0.4) is 0 Å². The summed E-state index contributed by atoms with van der Waals surface area (Å²) in [7, 11) is 0. The zero-order valence-electron chi connectivity index (χ0n) is 12.6. The van der Waals surface area contributed by atoms with Gasteiger partial charge in [-0.25, -0.2) is 4.79 Å². The monoisotopic (exact) mass is 307 g/mol. The normalized spacial score (nSPS) is 18.3. The number of piperidine rings is 1. The third-order valence-electron chi connectivity index (χ3n) is 4.05. The molecule has 1 atom stereocenters. The lowest BCUT2D eigenvalue weighted by atomic mass is 10.0. The van der Waals surface area contributed by atoms with Crippen molar-refractivity contribution < 1.29 is 4.79 Å². The van der Waals surface area contributed by atoms with Gasteiger partial charge in [-0.05, 0) is 44.1 Å². The van der Waals surface area contributed by atoms with Crippen molar-refractivity contribution in [2.75, 3.05) is 18.8 Å². The number of rotatable bonds is 6. The van der Waals surface area contributed by atoms with Gasteiger partial charge in [-0.1, -0.05) is 18.2 Å². The molecule has 21 heavy (non-hydrogen) atoms. The molecule has 1 aromatic carbocycles. The average Bonchev–Trinajstić information content (AvgIpc) is 2.48. The van der Waals surface area contributed by atoms with Crippen molar-refractivity contribution in [2.45, 2.75) is 43.2 Å². The van der Waals surface area contributed by atoms with E-state index in [1.165, 1.54) is 11.3 Å². The van der Waals surface area contributed by atoms with Crippen LogP contribution in [0, 0.1) is 0 Å². The first-order valence-corrected chi connectivity index (χ1v) is 8.61. The Bertz CT molecular complexity index is 432. The summed E-state index contributed by atoms with van der Waals surface area (Å²) < 4.78 is 0. The fourth-order valence-corrected chi connectivity index (χ4v) is 3.78. The number of likely N-dealkylation sites (tertiary alicyclic amines) is 1. The average molecular weight is 307 g/mol. The molecule has 1 aliphatic rings. The van der Waals surface area contributed by atoms with Crippen molar-refractivity contribution in [3.8, 4) is 0 Å². The van der Waals surface area contributed by atoms with E-state index in [9.17, 15) is 4.79 Å². The van der Waals surface area contributed by atoms with Gasteiger partial charge < -0.3 is 16.0 Å². The third-order valence-corrected chi connectivity index (χ3v) is 5.09. The Kier molecular flexibility index (Phi) is 6.39. The van der Waals surface area contributed by atoms with E-state index in [2.05, 4.69) is 47.5 Å². The molecule has 116 valence electrons. The first-order valence-electron chi connectivity index (χ1n) is 7.63. The highest BCUT2D eigenvalue weighted by Gasteiger charge is 2.22. The smallest absolute Gasteiger partial charge is 0.312 e. The maximum absolute atomic E-state index is 10.9. The lowest BCUT2D eigenvalue weighted by Gasteiger charge is -2.36. The third kappa shape index (κ3) is 5.59. The van der Waals surface area contributed by atoms with E-state index in [-0.39, 0.29) is 6.04 Å². The van der Waals surface area contributed by atoms with Gasteiger partial charge in [-0.3, -0.25) is 0 Å². The molecule has 2 amide bonds. The molecule has 1 fully saturated rings. The van der Waals surface area contributed by atoms with Crippen molar-refractivity contribution in [2.24, 2.45) is 5.73 Å². The fraction of sp³-hybridized carbons (Fsp3) is 0.562. The van der Waals surface area contributed by atoms with Crippen molar-refractivity contribution in [3.63, 3.8) is 0 Å². The molecule has 0 bridgehead atoms. The van der Waals surface area contributed by atoms with Gasteiger partial charge in [0, 0.05) is 30.1 Å². The highest BCUT2D eigenvalue weighted by molar-refractivity contribution is 7.99. The van der Waals surface area contributed by atoms with Crippen LogP contribution < -0.4 is 11.1 Å². The molecule has 0 aromatic heterocycles. The zero-order valence-corrected chi connectivity index (χ0v) is 13.4. The van der Waals surface area contributed by atoms with E-state index >= 15 is 0 Å². The predicted molar refractivity (Wildman–Crippen MR) is 88.6 cm³/mol. The van der Waals surface area contributed by atoms with Gasteiger partial charge in [0.05, 0.1) is 0 Å². The van der Waals surface area contributed by atoms with E-state index in [0.717, 1.165) is 31.7 Å². The van der Waals surface area contributed by atoms with Gasteiger partial charge in [0.2, 0.25) is 0 Å². The van der Waals surface area contributed by atoms with Gasteiger partial charge in [-0.15, -0.1) is 11.8 Å². The van der Waals surface area contributed by atoms with Gasteiger partial charge in [0.1, 0.15) is 0 Å². The Morgan fingerprint density at radius 3 is 2.67 bits per heavy atom. The quantitative estimate of drug-likeness (QED) is 0.794. The molecule has 1 aromatic rings. The lowest BCUT2D eigenvalue weighted by Crippen LogP contribution is -2.48. The number of nitrogens with two attached hydrogens (primary N) is 1. The van der Waals surface area contributed by atoms with E-state index in [1.807, 2.05) is 11.8 Å². The Hall–Kier alpha value is -1.20. The summed E-state index contributed by atoms with van der Waals surface area (Å²) in [4.78, 5) is 14.7. The van der Waals surface area contributed by atoms with E-state index < -0.39 is 6.03 Å². The van der Waals surface area contributed by atoms with Gasteiger partial charge in [0.15, 0.2) is 0 Å². The largest absolute Gasteiger partial charge is 0.352 e. The van der Waals surface area contributed by atoms with Crippen molar-refractivity contribution in [3.05, 3.63) is 30.3 Å². The van der Waals surface area contributed by atoms with Crippen molar-refractivity contribution >= 4 is 17.8 Å². The maximum atomic E-state index is 10.9. The van der Waals surface area contributed by atoms with Gasteiger partial charge in [-0.2, -0.15) is 0 Å². The summed E-state index contributed by atoms with van der Waals surface area (Å²) in [5.41, 5.74) is 5.17. The molecule has 1 aliphatic heterocycles. The number of carbonyl (C=O) groups is 1. The molecule has 2 rings (SSSR count). The van der Waals surface area contributed by atoms with Gasteiger partial charge in [0.25, 0.3) is 0 Å². The SMILES string of the molecule is CC(CCSc1ccccc1)N1CCC(NC(N)=O)CC1. The molecular weight excluding hydrogens is 282 g/mol.